The summed E-state index contributed by atoms with van der Waals surface area (Å²) in [7, 11) is 1.83. The minimum Gasteiger partial charge on any atom is -0.364 e. The third-order valence-corrected chi connectivity index (χ3v) is 3.46. The molecule has 0 aliphatic rings. The monoisotopic (exact) mass is 298 g/mol. The SMILES string of the molecule is CNCc1ccc(F)cc1-c1ccc2cc(C(N)=O)[nH]c2n1. The molecule has 22 heavy (non-hydrogen) atoms. The van der Waals surface area contributed by atoms with Crippen LogP contribution in [0.5, 0.6) is 0 Å². The summed E-state index contributed by atoms with van der Waals surface area (Å²) < 4.78 is 13.6. The third kappa shape index (κ3) is 2.56. The quantitative estimate of drug-likeness (QED) is 0.690. The zero-order valence-electron chi connectivity index (χ0n) is 12.0. The Balaban J connectivity index is 2.13. The molecule has 0 aliphatic carbocycles. The summed E-state index contributed by atoms with van der Waals surface area (Å²) in [6.07, 6.45) is 0. The van der Waals surface area contributed by atoms with E-state index >= 15 is 0 Å². The van der Waals surface area contributed by atoms with Gasteiger partial charge in [-0.3, -0.25) is 4.79 Å². The summed E-state index contributed by atoms with van der Waals surface area (Å²) in [5.41, 5.74) is 8.39. The van der Waals surface area contributed by atoms with Crippen LogP contribution < -0.4 is 11.1 Å². The average Bonchev–Trinajstić information content (AvgIpc) is 2.92. The maximum atomic E-state index is 13.6. The second-order valence-electron chi connectivity index (χ2n) is 5.01. The molecular weight excluding hydrogens is 283 g/mol. The lowest BCUT2D eigenvalue weighted by Crippen LogP contribution is -2.10. The number of hydrogen-bond acceptors (Lipinski definition) is 3. The van der Waals surface area contributed by atoms with E-state index in [1.54, 1.807) is 18.2 Å². The standard InChI is InChI=1S/C16H15FN4O/c1-19-8-10-2-4-11(17)7-12(10)13-5-3-9-6-14(15(18)22)21-16(9)20-13/h2-7,19H,8H2,1H3,(H2,18,22)(H,20,21). The van der Waals surface area contributed by atoms with Crippen molar-refractivity contribution < 1.29 is 9.18 Å². The van der Waals surface area contributed by atoms with E-state index in [4.69, 9.17) is 5.73 Å². The van der Waals surface area contributed by atoms with Crippen molar-refractivity contribution in [1.29, 1.82) is 0 Å². The highest BCUT2D eigenvalue weighted by molar-refractivity contribution is 5.96. The van der Waals surface area contributed by atoms with Gasteiger partial charge >= 0.3 is 0 Å². The number of aromatic amines is 1. The lowest BCUT2D eigenvalue weighted by molar-refractivity contribution is 0.0996. The van der Waals surface area contributed by atoms with Crippen LogP contribution in [0.4, 0.5) is 4.39 Å². The number of carbonyl (C=O) groups is 1. The lowest BCUT2D eigenvalue weighted by Gasteiger charge is -2.09. The molecule has 112 valence electrons. The van der Waals surface area contributed by atoms with Gasteiger partial charge in [-0.15, -0.1) is 0 Å². The number of aromatic nitrogens is 2. The predicted molar refractivity (Wildman–Crippen MR) is 82.8 cm³/mol. The summed E-state index contributed by atoms with van der Waals surface area (Å²) in [6, 6.07) is 9.89. The first-order valence-corrected chi connectivity index (χ1v) is 6.81. The highest BCUT2D eigenvalue weighted by Gasteiger charge is 2.11. The summed E-state index contributed by atoms with van der Waals surface area (Å²) in [6.45, 7) is 0.604. The zero-order valence-corrected chi connectivity index (χ0v) is 12.0. The Labute approximate surface area is 126 Å². The van der Waals surface area contributed by atoms with Crippen molar-refractivity contribution in [2.45, 2.75) is 6.54 Å². The van der Waals surface area contributed by atoms with Gasteiger partial charge in [-0.25, -0.2) is 9.37 Å². The number of H-pyrrole nitrogens is 1. The van der Waals surface area contributed by atoms with E-state index in [9.17, 15) is 9.18 Å². The Morgan fingerprint density at radius 2 is 2.14 bits per heavy atom. The minimum absolute atomic E-state index is 0.300. The highest BCUT2D eigenvalue weighted by Crippen LogP contribution is 2.25. The number of nitrogens with two attached hydrogens (primary N) is 1. The smallest absolute Gasteiger partial charge is 0.265 e. The molecule has 0 unspecified atom stereocenters. The van der Waals surface area contributed by atoms with Gasteiger partial charge in [-0.2, -0.15) is 0 Å². The van der Waals surface area contributed by atoms with Crippen LogP contribution in [0.3, 0.4) is 0 Å². The van der Waals surface area contributed by atoms with Crippen molar-refractivity contribution in [1.82, 2.24) is 15.3 Å². The molecule has 3 rings (SSSR count). The number of amides is 1. The number of nitrogens with zero attached hydrogens (tertiary/aromatic N) is 1. The Kier molecular flexibility index (Phi) is 3.60. The summed E-state index contributed by atoms with van der Waals surface area (Å²) in [5, 5.41) is 3.83. The first kappa shape index (κ1) is 14.2. The van der Waals surface area contributed by atoms with Crippen LogP contribution in [-0.2, 0) is 6.54 Å². The van der Waals surface area contributed by atoms with E-state index in [0.29, 0.717) is 29.1 Å². The molecule has 6 heteroatoms. The maximum Gasteiger partial charge on any atom is 0.265 e. The number of carbonyl (C=O) groups excluding carboxylic acids is 1. The highest BCUT2D eigenvalue weighted by atomic mass is 19.1. The van der Waals surface area contributed by atoms with Crippen LogP contribution in [0.15, 0.2) is 36.4 Å². The van der Waals surface area contributed by atoms with Crippen molar-refractivity contribution >= 4 is 16.9 Å². The topological polar surface area (TPSA) is 83.8 Å². The Bertz CT molecular complexity index is 856. The van der Waals surface area contributed by atoms with E-state index in [1.165, 1.54) is 12.1 Å². The molecule has 4 N–H and O–H groups in total. The van der Waals surface area contributed by atoms with Crippen molar-refractivity contribution in [2.24, 2.45) is 5.73 Å². The summed E-state index contributed by atoms with van der Waals surface area (Å²) >= 11 is 0. The molecule has 2 heterocycles. The number of hydrogen-bond donors (Lipinski definition) is 3. The fraction of sp³-hybridized carbons (Fsp3) is 0.125. The van der Waals surface area contributed by atoms with E-state index in [-0.39, 0.29) is 5.82 Å². The molecule has 0 saturated carbocycles. The number of primary amides is 1. The number of benzene rings is 1. The second-order valence-corrected chi connectivity index (χ2v) is 5.01. The van der Waals surface area contributed by atoms with Crippen LogP contribution in [0.1, 0.15) is 16.1 Å². The number of rotatable bonds is 4. The Morgan fingerprint density at radius 3 is 2.86 bits per heavy atom. The first-order chi connectivity index (χ1) is 10.6. The van der Waals surface area contributed by atoms with E-state index < -0.39 is 5.91 Å². The van der Waals surface area contributed by atoms with E-state index in [1.807, 2.05) is 13.1 Å². The van der Waals surface area contributed by atoms with Crippen LogP contribution in [0, 0.1) is 5.82 Å². The molecule has 0 atom stereocenters. The van der Waals surface area contributed by atoms with E-state index in [2.05, 4.69) is 15.3 Å². The number of fused-ring (bicyclic) bond motifs is 1. The lowest BCUT2D eigenvalue weighted by atomic mass is 10.0. The molecule has 0 bridgehead atoms. The molecule has 0 saturated heterocycles. The predicted octanol–water partition coefficient (Wildman–Crippen LogP) is 2.19. The molecule has 0 radical (unpaired) electrons. The molecule has 1 amide bonds. The molecule has 5 nitrogen and oxygen atoms in total. The summed E-state index contributed by atoms with van der Waals surface area (Å²) in [5.74, 6) is -0.859. The minimum atomic E-state index is -0.541. The fourth-order valence-electron chi connectivity index (χ4n) is 2.42. The number of nitrogens with one attached hydrogen (secondary N) is 2. The van der Waals surface area contributed by atoms with Gasteiger partial charge in [-0.05, 0) is 42.9 Å². The molecule has 0 spiro atoms. The Morgan fingerprint density at radius 1 is 1.32 bits per heavy atom. The zero-order chi connectivity index (χ0) is 15.7. The van der Waals surface area contributed by atoms with Crippen molar-refractivity contribution in [2.75, 3.05) is 7.05 Å². The van der Waals surface area contributed by atoms with Crippen molar-refractivity contribution in [3.63, 3.8) is 0 Å². The van der Waals surface area contributed by atoms with E-state index in [0.717, 1.165) is 10.9 Å². The van der Waals surface area contributed by atoms with Crippen molar-refractivity contribution in [3.05, 3.63) is 53.5 Å². The number of halogens is 1. The average molecular weight is 298 g/mol. The second kappa shape index (κ2) is 5.57. The largest absolute Gasteiger partial charge is 0.364 e. The molecule has 0 aliphatic heterocycles. The first-order valence-electron chi connectivity index (χ1n) is 6.81. The van der Waals surface area contributed by atoms with Gasteiger partial charge in [0.25, 0.3) is 5.91 Å². The van der Waals surface area contributed by atoms with Gasteiger partial charge in [0.15, 0.2) is 0 Å². The summed E-state index contributed by atoms with van der Waals surface area (Å²) in [4.78, 5) is 18.6. The van der Waals surface area contributed by atoms with Gasteiger partial charge in [0.1, 0.15) is 17.2 Å². The van der Waals surface area contributed by atoms with Crippen molar-refractivity contribution in [3.8, 4) is 11.3 Å². The van der Waals surface area contributed by atoms with Gasteiger partial charge in [0.05, 0.1) is 5.69 Å². The molecule has 2 aromatic heterocycles. The Hall–Kier alpha value is -2.73. The fourth-order valence-corrected chi connectivity index (χ4v) is 2.42. The molecular formula is C16H15FN4O. The molecule has 3 aromatic rings. The van der Waals surface area contributed by atoms with Crippen LogP contribution >= 0.6 is 0 Å². The molecule has 1 aromatic carbocycles. The maximum absolute atomic E-state index is 13.6. The molecule has 0 fully saturated rings. The van der Waals surface area contributed by atoms with Crippen LogP contribution in [0.2, 0.25) is 0 Å². The van der Waals surface area contributed by atoms with Gasteiger partial charge in [0.2, 0.25) is 0 Å². The van der Waals surface area contributed by atoms with Crippen LogP contribution in [-0.4, -0.2) is 22.9 Å². The van der Waals surface area contributed by atoms with Gasteiger partial charge in [-0.1, -0.05) is 6.07 Å². The van der Waals surface area contributed by atoms with Crippen LogP contribution in [0.25, 0.3) is 22.3 Å². The third-order valence-electron chi connectivity index (χ3n) is 3.46. The van der Waals surface area contributed by atoms with Gasteiger partial charge < -0.3 is 16.0 Å². The number of pyridine rings is 1. The normalized spacial score (nSPS) is 11.0. The van der Waals surface area contributed by atoms with Gasteiger partial charge in [0, 0.05) is 17.5 Å².